The molecule has 1 saturated carbocycles. The second-order valence-corrected chi connectivity index (χ2v) is 11.7. The van der Waals surface area contributed by atoms with Crippen molar-refractivity contribution < 1.29 is 22.8 Å². The number of fused-ring (bicyclic) bond motifs is 1. The number of benzene rings is 2. The van der Waals surface area contributed by atoms with Gasteiger partial charge in [0.25, 0.3) is 15.9 Å². The molecule has 1 fully saturated rings. The standard InChI is InChI=1S/C28H35N3O5S/c1-3-24(27(33)29-22-13-5-4-6-14-22)30(19-21-12-8-7-11-20(21)2)26(32)17-18-31-28(34)23-15-9-10-16-25(23)37(31,35)36/h7-12,15-16,22,24H,3-6,13-14,17-19H2,1-2H3,(H,29,33)/t24-/m0/s1. The molecule has 198 valence electrons. The fourth-order valence-electron chi connectivity index (χ4n) is 5.23. The first-order valence-electron chi connectivity index (χ1n) is 13.0. The van der Waals surface area contributed by atoms with Crippen LogP contribution in [0.3, 0.4) is 0 Å². The van der Waals surface area contributed by atoms with Gasteiger partial charge in [-0.25, -0.2) is 12.7 Å². The normalized spacial score (nSPS) is 17.8. The van der Waals surface area contributed by atoms with Crippen LogP contribution in [0.5, 0.6) is 0 Å². The van der Waals surface area contributed by atoms with Crippen molar-refractivity contribution in [3.05, 3.63) is 65.2 Å². The number of nitrogens with one attached hydrogen (secondary N) is 1. The number of nitrogens with zero attached hydrogens (tertiary/aromatic N) is 2. The highest BCUT2D eigenvalue weighted by molar-refractivity contribution is 7.90. The minimum atomic E-state index is -4.01. The van der Waals surface area contributed by atoms with Crippen LogP contribution >= 0.6 is 0 Å². The number of hydrogen-bond acceptors (Lipinski definition) is 5. The van der Waals surface area contributed by atoms with Gasteiger partial charge in [0, 0.05) is 25.6 Å². The van der Waals surface area contributed by atoms with Crippen molar-refractivity contribution >= 4 is 27.7 Å². The minimum Gasteiger partial charge on any atom is -0.352 e. The molecule has 9 heteroatoms. The monoisotopic (exact) mass is 525 g/mol. The second kappa shape index (κ2) is 11.5. The van der Waals surface area contributed by atoms with Gasteiger partial charge in [-0.3, -0.25) is 14.4 Å². The molecular formula is C28H35N3O5S. The van der Waals surface area contributed by atoms with Crippen molar-refractivity contribution in [2.24, 2.45) is 0 Å². The molecule has 2 aromatic rings. The third-order valence-corrected chi connectivity index (χ3v) is 9.22. The third kappa shape index (κ3) is 5.71. The summed E-state index contributed by atoms with van der Waals surface area (Å²) < 4.78 is 26.7. The topological polar surface area (TPSA) is 104 Å². The lowest BCUT2D eigenvalue weighted by molar-refractivity contribution is -0.141. The summed E-state index contributed by atoms with van der Waals surface area (Å²) in [5.41, 5.74) is 2.03. The molecule has 37 heavy (non-hydrogen) atoms. The quantitative estimate of drug-likeness (QED) is 0.537. The highest BCUT2D eigenvalue weighted by atomic mass is 32.2. The summed E-state index contributed by atoms with van der Waals surface area (Å²) in [5, 5.41) is 3.14. The molecule has 1 aliphatic heterocycles. The fraction of sp³-hybridized carbons (Fsp3) is 0.464. The fourth-order valence-corrected chi connectivity index (χ4v) is 6.80. The van der Waals surface area contributed by atoms with Crippen molar-refractivity contribution in [1.29, 1.82) is 0 Å². The predicted molar refractivity (Wildman–Crippen MR) is 140 cm³/mol. The SMILES string of the molecule is CC[C@@H](C(=O)NC1CCCCC1)N(Cc1ccccc1C)C(=O)CCN1C(=O)c2ccccc2S1(=O)=O. The molecule has 0 unspecified atom stereocenters. The molecule has 2 aromatic carbocycles. The molecule has 4 rings (SSSR count). The van der Waals surface area contributed by atoms with Crippen molar-refractivity contribution in [3.8, 4) is 0 Å². The zero-order chi connectivity index (χ0) is 26.6. The smallest absolute Gasteiger partial charge is 0.269 e. The van der Waals surface area contributed by atoms with Crippen LogP contribution in [-0.2, 0) is 26.2 Å². The van der Waals surface area contributed by atoms with Crippen LogP contribution in [0.1, 0.15) is 73.4 Å². The molecule has 2 aliphatic rings. The van der Waals surface area contributed by atoms with Gasteiger partial charge in [-0.15, -0.1) is 0 Å². The van der Waals surface area contributed by atoms with Crippen LogP contribution in [0.4, 0.5) is 0 Å². The summed E-state index contributed by atoms with van der Waals surface area (Å²) in [6.07, 6.45) is 5.40. The van der Waals surface area contributed by atoms with Gasteiger partial charge < -0.3 is 10.2 Å². The summed E-state index contributed by atoms with van der Waals surface area (Å²) in [6, 6.07) is 13.1. The van der Waals surface area contributed by atoms with Gasteiger partial charge in [0.05, 0.1) is 5.56 Å². The first kappa shape index (κ1) is 26.9. The van der Waals surface area contributed by atoms with Gasteiger partial charge in [0.15, 0.2) is 0 Å². The molecule has 1 aliphatic carbocycles. The van der Waals surface area contributed by atoms with Crippen LogP contribution in [-0.4, -0.2) is 54.0 Å². The Morgan fingerprint density at radius 3 is 2.41 bits per heavy atom. The third-order valence-electron chi connectivity index (χ3n) is 7.38. The van der Waals surface area contributed by atoms with E-state index in [-0.39, 0.29) is 47.8 Å². The molecule has 0 bridgehead atoms. The summed E-state index contributed by atoms with van der Waals surface area (Å²) >= 11 is 0. The van der Waals surface area contributed by atoms with E-state index in [0.717, 1.165) is 41.1 Å². The Balaban J connectivity index is 1.54. The Hall–Kier alpha value is -3.20. The number of rotatable bonds is 9. The van der Waals surface area contributed by atoms with Crippen molar-refractivity contribution in [2.45, 2.75) is 82.3 Å². The zero-order valence-corrected chi connectivity index (χ0v) is 22.3. The minimum absolute atomic E-state index is 0.0393. The summed E-state index contributed by atoms with van der Waals surface area (Å²) in [7, 11) is -4.01. The number of carbonyl (C=O) groups excluding carboxylic acids is 3. The molecular weight excluding hydrogens is 490 g/mol. The van der Waals surface area contributed by atoms with Gasteiger partial charge in [-0.2, -0.15) is 0 Å². The van der Waals surface area contributed by atoms with Crippen LogP contribution in [0.25, 0.3) is 0 Å². The Morgan fingerprint density at radius 2 is 1.73 bits per heavy atom. The Morgan fingerprint density at radius 1 is 1.05 bits per heavy atom. The van der Waals surface area contributed by atoms with Crippen LogP contribution < -0.4 is 5.32 Å². The van der Waals surface area contributed by atoms with E-state index in [1.807, 2.05) is 38.1 Å². The van der Waals surface area contributed by atoms with Crippen LogP contribution in [0, 0.1) is 6.92 Å². The Bertz CT molecular complexity index is 1270. The van der Waals surface area contributed by atoms with Gasteiger partial charge >= 0.3 is 0 Å². The second-order valence-electron chi connectivity index (χ2n) is 9.84. The lowest BCUT2D eigenvalue weighted by Crippen LogP contribution is -2.52. The number of hydrogen-bond donors (Lipinski definition) is 1. The highest BCUT2D eigenvalue weighted by Gasteiger charge is 2.41. The maximum absolute atomic E-state index is 13.6. The maximum Gasteiger partial charge on any atom is 0.269 e. The van der Waals surface area contributed by atoms with Crippen molar-refractivity contribution in [1.82, 2.24) is 14.5 Å². The number of amides is 3. The van der Waals surface area contributed by atoms with E-state index in [0.29, 0.717) is 6.42 Å². The first-order valence-corrected chi connectivity index (χ1v) is 14.5. The maximum atomic E-state index is 13.6. The largest absolute Gasteiger partial charge is 0.352 e. The van der Waals surface area contributed by atoms with Crippen LogP contribution in [0.15, 0.2) is 53.4 Å². The number of carbonyl (C=O) groups is 3. The van der Waals surface area contributed by atoms with Gasteiger partial charge in [0.2, 0.25) is 11.8 Å². The molecule has 0 spiro atoms. The highest BCUT2D eigenvalue weighted by Crippen LogP contribution is 2.30. The van der Waals surface area contributed by atoms with Gasteiger partial charge in [-0.05, 0) is 49.4 Å². The molecule has 1 atom stereocenters. The summed E-state index contributed by atoms with van der Waals surface area (Å²) in [5.74, 6) is -1.18. The van der Waals surface area contributed by atoms with E-state index in [9.17, 15) is 22.8 Å². The van der Waals surface area contributed by atoms with E-state index in [2.05, 4.69) is 5.32 Å². The Labute approximate surface area is 219 Å². The molecule has 3 amide bonds. The molecule has 1 heterocycles. The zero-order valence-electron chi connectivity index (χ0n) is 21.5. The van der Waals surface area contributed by atoms with E-state index >= 15 is 0 Å². The average molecular weight is 526 g/mol. The van der Waals surface area contributed by atoms with Gasteiger partial charge in [0.1, 0.15) is 10.9 Å². The molecule has 0 saturated heterocycles. The Kier molecular flexibility index (Phi) is 8.32. The van der Waals surface area contributed by atoms with E-state index < -0.39 is 22.0 Å². The molecule has 8 nitrogen and oxygen atoms in total. The first-order chi connectivity index (χ1) is 17.7. The lowest BCUT2D eigenvalue weighted by atomic mass is 9.95. The lowest BCUT2D eigenvalue weighted by Gasteiger charge is -2.33. The van der Waals surface area contributed by atoms with Crippen molar-refractivity contribution in [2.75, 3.05) is 6.54 Å². The van der Waals surface area contributed by atoms with E-state index in [4.69, 9.17) is 0 Å². The summed E-state index contributed by atoms with van der Waals surface area (Å²) in [6.45, 7) is 3.77. The molecule has 1 N–H and O–H groups in total. The van der Waals surface area contributed by atoms with Crippen molar-refractivity contribution in [3.63, 3.8) is 0 Å². The van der Waals surface area contributed by atoms with Gasteiger partial charge in [-0.1, -0.05) is 62.6 Å². The molecule has 0 radical (unpaired) electrons. The predicted octanol–water partition coefficient (Wildman–Crippen LogP) is 3.79. The average Bonchev–Trinajstić information content (AvgIpc) is 3.09. The van der Waals surface area contributed by atoms with Crippen LogP contribution in [0.2, 0.25) is 0 Å². The van der Waals surface area contributed by atoms with E-state index in [1.54, 1.807) is 17.0 Å². The summed E-state index contributed by atoms with van der Waals surface area (Å²) in [4.78, 5) is 41.3. The number of sulfonamides is 1. The van der Waals surface area contributed by atoms with E-state index in [1.165, 1.54) is 18.6 Å². The number of aryl methyl sites for hydroxylation is 1. The molecule has 0 aromatic heterocycles.